The van der Waals surface area contributed by atoms with E-state index in [1.807, 2.05) is 31.0 Å². The zero-order chi connectivity index (χ0) is 14.5. The fraction of sp³-hybridized carbons (Fsp3) is 0.312. The third-order valence-electron chi connectivity index (χ3n) is 3.15. The number of furan rings is 1. The Morgan fingerprint density at radius 2 is 1.90 bits per heavy atom. The molecule has 0 unspecified atom stereocenters. The number of hydrogen-bond acceptors (Lipinski definition) is 2. The lowest BCUT2D eigenvalue weighted by atomic mass is 10.1. The van der Waals surface area contributed by atoms with E-state index < -0.39 is 0 Å². The molecule has 1 aromatic carbocycles. The van der Waals surface area contributed by atoms with Crippen LogP contribution in [0.2, 0.25) is 0 Å². The Labute approximate surface area is 125 Å². The predicted octanol–water partition coefficient (Wildman–Crippen LogP) is 3.98. The smallest absolute Gasteiger partial charge is 0.173 e. The summed E-state index contributed by atoms with van der Waals surface area (Å²) >= 11 is 5.40. The standard InChI is InChI=1S/C16H20N2OS/c1-4-13-6-8-14(9-7-13)17-16(20)18(3)11-15-10-5-12(2)19-15/h5-10H,4,11H2,1-3H3,(H,17,20). The van der Waals surface area contributed by atoms with Gasteiger partial charge in [-0.1, -0.05) is 19.1 Å². The van der Waals surface area contributed by atoms with Gasteiger partial charge in [0.1, 0.15) is 11.5 Å². The van der Waals surface area contributed by atoms with Crippen molar-refractivity contribution in [3.05, 3.63) is 53.5 Å². The number of thiocarbonyl (C=S) groups is 1. The molecule has 0 aliphatic heterocycles. The highest BCUT2D eigenvalue weighted by Gasteiger charge is 2.08. The summed E-state index contributed by atoms with van der Waals surface area (Å²) in [7, 11) is 1.95. The van der Waals surface area contributed by atoms with Gasteiger partial charge in [-0.15, -0.1) is 0 Å². The molecule has 0 aliphatic rings. The third kappa shape index (κ3) is 3.84. The van der Waals surface area contributed by atoms with Crippen LogP contribution in [0.25, 0.3) is 0 Å². The Kier molecular flexibility index (Phi) is 4.79. The maximum Gasteiger partial charge on any atom is 0.173 e. The van der Waals surface area contributed by atoms with Crippen molar-refractivity contribution >= 4 is 23.0 Å². The molecular formula is C16H20N2OS. The molecule has 0 radical (unpaired) electrons. The number of anilines is 1. The second kappa shape index (κ2) is 6.57. The first-order valence-corrected chi connectivity index (χ1v) is 7.15. The SMILES string of the molecule is CCc1ccc(NC(=S)N(C)Cc2ccc(C)o2)cc1. The zero-order valence-electron chi connectivity index (χ0n) is 12.1. The molecule has 2 aromatic rings. The summed E-state index contributed by atoms with van der Waals surface area (Å²) in [4.78, 5) is 1.96. The topological polar surface area (TPSA) is 28.4 Å². The Bertz CT molecular complexity index is 574. The minimum absolute atomic E-state index is 0.659. The van der Waals surface area contributed by atoms with Gasteiger partial charge < -0.3 is 14.6 Å². The van der Waals surface area contributed by atoms with Gasteiger partial charge in [-0.3, -0.25) is 0 Å². The number of rotatable bonds is 4. The number of hydrogen-bond donors (Lipinski definition) is 1. The highest BCUT2D eigenvalue weighted by Crippen LogP contribution is 2.13. The number of nitrogens with zero attached hydrogens (tertiary/aromatic N) is 1. The number of aryl methyl sites for hydroxylation is 2. The van der Waals surface area contributed by atoms with E-state index in [1.165, 1.54) is 5.56 Å². The summed E-state index contributed by atoms with van der Waals surface area (Å²) in [5.74, 6) is 1.83. The van der Waals surface area contributed by atoms with Gasteiger partial charge in [0, 0.05) is 12.7 Å². The molecule has 0 bridgehead atoms. The van der Waals surface area contributed by atoms with Gasteiger partial charge in [-0.2, -0.15) is 0 Å². The van der Waals surface area contributed by atoms with E-state index >= 15 is 0 Å². The minimum atomic E-state index is 0.659. The van der Waals surface area contributed by atoms with Crippen LogP contribution in [0.3, 0.4) is 0 Å². The fourth-order valence-corrected chi connectivity index (χ4v) is 2.10. The minimum Gasteiger partial charge on any atom is -0.464 e. The molecule has 4 heteroatoms. The molecule has 0 spiro atoms. The lowest BCUT2D eigenvalue weighted by molar-refractivity contribution is 0.403. The largest absolute Gasteiger partial charge is 0.464 e. The first-order valence-electron chi connectivity index (χ1n) is 6.75. The summed E-state index contributed by atoms with van der Waals surface area (Å²) in [6, 6.07) is 12.3. The summed E-state index contributed by atoms with van der Waals surface area (Å²) in [6.45, 7) is 4.74. The lowest BCUT2D eigenvalue weighted by Crippen LogP contribution is -2.30. The molecule has 1 heterocycles. The van der Waals surface area contributed by atoms with Crippen molar-refractivity contribution in [1.29, 1.82) is 0 Å². The monoisotopic (exact) mass is 288 g/mol. The van der Waals surface area contributed by atoms with E-state index in [-0.39, 0.29) is 0 Å². The van der Waals surface area contributed by atoms with E-state index in [0.717, 1.165) is 23.6 Å². The van der Waals surface area contributed by atoms with Gasteiger partial charge in [0.2, 0.25) is 0 Å². The summed E-state index contributed by atoms with van der Waals surface area (Å²) in [5.41, 5.74) is 2.33. The van der Waals surface area contributed by atoms with E-state index in [1.54, 1.807) is 0 Å². The van der Waals surface area contributed by atoms with Crippen LogP contribution < -0.4 is 5.32 Å². The van der Waals surface area contributed by atoms with Crippen LogP contribution in [0.15, 0.2) is 40.8 Å². The molecule has 2 rings (SSSR count). The van der Waals surface area contributed by atoms with E-state index in [2.05, 4.69) is 36.5 Å². The van der Waals surface area contributed by atoms with E-state index in [9.17, 15) is 0 Å². The maximum absolute atomic E-state index is 5.56. The molecule has 1 aromatic heterocycles. The third-order valence-corrected chi connectivity index (χ3v) is 3.56. The molecule has 1 N–H and O–H groups in total. The van der Waals surface area contributed by atoms with Gasteiger partial charge in [0.05, 0.1) is 6.54 Å². The first kappa shape index (κ1) is 14.6. The molecule has 0 atom stereocenters. The number of nitrogens with one attached hydrogen (secondary N) is 1. The zero-order valence-corrected chi connectivity index (χ0v) is 13.0. The summed E-state index contributed by atoms with van der Waals surface area (Å²) < 4.78 is 5.56. The van der Waals surface area contributed by atoms with Crippen molar-refractivity contribution in [2.45, 2.75) is 26.8 Å². The van der Waals surface area contributed by atoms with Gasteiger partial charge in [0.15, 0.2) is 5.11 Å². The van der Waals surface area contributed by atoms with Crippen molar-refractivity contribution < 1.29 is 4.42 Å². The Hall–Kier alpha value is -1.81. The van der Waals surface area contributed by atoms with Crippen molar-refractivity contribution in [2.75, 3.05) is 12.4 Å². The van der Waals surface area contributed by atoms with E-state index in [4.69, 9.17) is 16.6 Å². The molecule has 0 fully saturated rings. The average molecular weight is 288 g/mol. The van der Waals surface area contributed by atoms with Crippen LogP contribution in [-0.4, -0.2) is 17.1 Å². The first-order chi connectivity index (χ1) is 9.58. The fourth-order valence-electron chi connectivity index (χ4n) is 1.92. The summed E-state index contributed by atoms with van der Waals surface area (Å²) in [5, 5.41) is 3.92. The van der Waals surface area contributed by atoms with Crippen LogP contribution in [0.4, 0.5) is 5.69 Å². The normalized spacial score (nSPS) is 10.3. The molecule has 0 saturated heterocycles. The molecule has 20 heavy (non-hydrogen) atoms. The molecule has 0 aliphatic carbocycles. The molecule has 0 amide bonds. The highest BCUT2D eigenvalue weighted by molar-refractivity contribution is 7.80. The molecular weight excluding hydrogens is 268 g/mol. The predicted molar refractivity (Wildman–Crippen MR) is 87.0 cm³/mol. The molecule has 3 nitrogen and oxygen atoms in total. The van der Waals surface area contributed by atoms with Crippen LogP contribution >= 0.6 is 12.2 Å². The second-order valence-electron chi connectivity index (χ2n) is 4.85. The highest BCUT2D eigenvalue weighted by atomic mass is 32.1. The van der Waals surface area contributed by atoms with Crippen LogP contribution in [0.5, 0.6) is 0 Å². The van der Waals surface area contributed by atoms with E-state index in [0.29, 0.717) is 11.7 Å². The second-order valence-corrected chi connectivity index (χ2v) is 5.24. The van der Waals surface area contributed by atoms with Gasteiger partial charge in [-0.25, -0.2) is 0 Å². The Morgan fingerprint density at radius 1 is 1.20 bits per heavy atom. The molecule has 0 saturated carbocycles. The molecule has 106 valence electrons. The van der Waals surface area contributed by atoms with Crippen LogP contribution in [-0.2, 0) is 13.0 Å². The average Bonchev–Trinajstić information content (AvgIpc) is 2.85. The van der Waals surface area contributed by atoms with Gasteiger partial charge >= 0.3 is 0 Å². The van der Waals surface area contributed by atoms with Crippen LogP contribution in [0, 0.1) is 6.92 Å². The lowest BCUT2D eigenvalue weighted by Gasteiger charge is -2.20. The van der Waals surface area contributed by atoms with Crippen molar-refractivity contribution in [1.82, 2.24) is 4.90 Å². The van der Waals surface area contributed by atoms with Crippen molar-refractivity contribution in [3.8, 4) is 0 Å². The summed E-state index contributed by atoms with van der Waals surface area (Å²) in [6.07, 6.45) is 1.04. The van der Waals surface area contributed by atoms with Crippen LogP contribution in [0.1, 0.15) is 24.0 Å². The maximum atomic E-state index is 5.56. The van der Waals surface area contributed by atoms with Gasteiger partial charge in [0.25, 0.3) is 0 Å². The Morgan fingerprint density at radius 3 is 2.45 bits per heavy atom. The quantitative estimate of drug-likeness (QED) is 0.861. The Balaban J connectivity index is 1.93. The van der Waals surface area contributed by atoms with Gasteiger partial charge in [-0.05, 0) is 55.4 Å². The van der Waals surface area contributed by atoms with Crippen molar-refractivity contribution in [2.24, 2.45) is 0 Å². The van der Waals surface area contributed by atoms with Crippen molar-refractivity contribution in [3.63, 3.8) is 0 Å². The number of benzene rings is 1.